The van der Waals surface area contributed by atoms with Gasteiger partial charge < -0.3 is 4.98 Å². The third-order valence-electron chi connectivity index (χ3n) is 2.72. The molecule has 0 saturated heterocycles. The maximum absolute atomic E-state index is 12.4. The molecule has 1 fully saturated rings. The standard InChI is InChI=1S/C10H16N2O3S2/c1-3-6-12(8-4-5-8)17(14,15)9-7(2)11-10(13)16-9/h8H,3-6H2,1-2H3,(H,11,13). The van der Waals surface area contributed by atoms with E-state index in [1.54, 1.807) is 11.2 Å². The lowest BCUT2D eigenvalue weighted by atomic mass is 10.5. The van der Waals surface area contributed by atoms with Crippen LogP contribution >= 0.6 is 11.3 Å². The average molecular weight is 276 g/mol. The summed E-state index contributed by atoms with van der Waals surface area (Å²) in [5.74, 6) is 0. The molecule has 0 radical (unpaired) electrons. The first-order valence-corrected chi connectivity index (χ1v) is 7.94. The van der Waals surface area contributed by atoms with E-state index in [0.717, 1.165) is 30.6 Å². The molecule has 1 heterocycles. The van der Waals surface area contributed by atoms with Crippen LogP contribution in [0.3, 0.4) is 0 Å². The number of sulfonamides is 1. The number of hydrogen-bond donors (Lipinski definition) is 1. The zero-order chi connectivity index (χ0) is 12.6. The van der Waals surface area contributed by atoms with Crippen LogP contribution in [0.25, 0.3) is 0 Å². The minimum atomic E-state index is -3.49. The summed E-state index contributed by atoms with van der Waals surface area (Å²) in [5.41, 5.74) is 0.446. The van der Waals surface area contributed by atoms with Gasteiger partial charge in [0.2, 0.25) is 0 Å². The number of aromatic amines is 1. The van der Waals surface area contributed by atoms with Crippen molar-refractivity contribution < 1.29 is 8.42 Å². The summed E-state index contributed by atoms with van der Waals surface area (Å²) in [6.45, 7) is 4.11. The Hall–Kier alpha value is -0.660. The molecule has 0 atom stereocenters. The molecule has 17 heavy (non-hydrogen) atoms. The van der Waals surface area contributed by atoms with Crippen LogP contribution in [0.1, 0.15) is 31.9 Å². The fraction of sp³-hybridized carbons (Fsp3) is 0.700. The van der Waals surface area contributed by atoms with Crippen molar-refractivity contribution in [2.75, 3.05) is 6.54 Å². The van der Waals surface area contributed by atoms with E-state index in [0.29, 0.717) is 12.2 Å². The van der Waals surface area contributed by atoms with Crippen molar-refractivity contribution in [3.05, 3.63) is 15.4 Å². The van der Waals surface area contributed by atoms with E-state index < -0.39 is 10.0 Å². The second-order valence-corrected chi connectivity index (χ2v) is 7.34. The summed E-state index contributed by atoms with van der Waals surface area (Å²) < 4.78 is 26.5. The molecule has 0 amide bonds. The fourth-order valence-electron chi connectivity index (χ4n) is 1.82. The fourth-order valence-corrected chi connectivity index (χ4v) is 5.01. The number of nitrogens with one attached hydrogen (secondary N) is 1. The molecule has 1 saturated carbocycles. The molecule has 0 spiro atoms. The Kier molecular flexibility index (Phi) is 3.42. The first-order valence-electron chi connectivity index (χ1n) is 5.68. The maximum atomic E-state index is 12.4. The average Bonchev–Trinajstić information content (AvgIpc) is 3.00. The molecule has 0 aliphatic heterocycles. The van der Waals surface area contributed by atoms with E-state index in [4.69, 9.17) is 0 Å². The quantitative estimate of drug-likeness (QED) is 0.881. The lowest BCUT2D eigenvalue weighted by Gasteiger charge is -2.20. The van der Waals surface area contributed by atoms with Crippen molar-refractivity contribution in [2.24, 2.45) is 0 Å². The van der Waals surface area contributed by atoms with Gasteiger partial charge in [-0.3, -0.25) is 4.79 Å². The number of hydrogen-bond acceptors (Lipinski definition) is 4. The summed E-state index contributed by atoms with van der Waals surface area (Å²) in [4.78, 5) is 13.4. The Bertz CT molecular complexity index is 554. The highest BCUT2D eigenvalue weighted by molar-refractivity contribution is 7.91. The van der Waals surface area contributed by atoms with Crippen molar-refractivity contribution in [1.29, 1.82) is 0 Å². The molecule has 1 aliphatic carbocycles. The Morgan fingerprint density at radius 1 is 1.47 bits per heavy atom. The molecule has 0 aromatic carbocycles. The van der Waals surface area contributed by atoms with Crippen LogP contribution in [0, 0.1) is 6.92 Å². The zero-order valence-corrected chi connectivity index (χ0v) is 11.5. The summed E-state index contributed by atoms with van der Waals surface area (Å²) in [6.07, 6.45) is 2.64. The Balaban J connectivity index is 2.40. The van der Waals surface area contributed by atoms with Crippen molar-refractivity contribution in [1.82, 2.24) is 9.29 Å². The molecule has 0 unspecified atom stereocenters. The van der Waals surface area contributed by atoms with Gasteiger partial charge in [0.1, 0.15) is 0 Å². The first kappa shape index (κ1) is 12.8. The van der Waals surface area contributed by atoms with Gasteiger partial charge in [0.15, 0.2) is 4.21 Å². The van der Waals surface area contributed by atoms with Crippen molar-refractivity contribution in [2.45, 2.75) is 43.4 Å². The number of aromatic nitrogens is 1. The Morgan fingerprint density at radius 3 is 2.53 bits per heavy atom. The number of nitrogens with zero attached hydrogens (tertiary/aromatic N) is 1. The van der Waals surface area contributed by atoms with Crippen molar-refractivity contribution in [3.8, 4) is 0 Å². The van der Waals surface area contributed by atoms with E-state index in [1.165, 1.54) is 0 Å². The van der Waals surface area contributed by atoms with E-state index in [1.807, 2.05) is 6.92 Å². The summed E-state index contributed by atoms with van der Waals surface area (Å²) in [7, 11) is -3.49. The molecule has 1 N–H and O–H groups in total. The van der Waals surface area contributed by atoms with E-state index in [9.17, 15) is 13.2 Å². The van der Waals surface area contributed by atoms with Crippen molar-refractivity contribution >= 4 is 21.4 Å². The van der Waals surface area contributed by atoms with Gasteiger partial charge in [-0.05, 0) is 26.2 Å². The third kappa shape index (κ3) is 2.46. The highest BCUT2D eigenvalue weighted by Crippen LogP contribution is 2.33. The topological polar surface area (TPSA) is 70.2 Å². The SMILES string of the molecule is CCCN(C1CC1)S(=O)(=O)c1sc(=O)[nH]c1C. The molecule has 1 aliphatic rings. The van der Waals surface area contributed by atoms with E-state index in [2.05, 4.69) is 4.98 Å². The van der Waals surface area contributed by atoms with Gasteiger partial charge in [-0.15, -0.1) is 0 Å². The van der Waals surface area contributed by atoms with Crippen LogP contribution in [-0.2, 0) is 10.0 Å². The smallest absolute Gasteiger partial charge is 0.305 e. The van der Waals surface area contributed by atoms with Crippen LogP contribution in [0.15, 0.2) is 9.00 Å². The van der Waals surface area contributed by atoms with Crippen LogP contribution in [0.4, 0.5) is 0 Å². The highest BCUT2D eigenvalue weighted by atomic mass is 32.2. The largest absolute Gasteiger partial charge is 0.315 e. The summed E-state index contributed by atoms with van der Waals surface area (Å²) in [5, 5.41) is 0. The number of aryl methyl sites for hydroxylation is 1. The second-order valence-electron chi connectivity index (χ2n) is 4.27. The second kappa shape index (κ2) is 4.55. The Labute approximate surface area is 105 Å². The summed E-state index contributed by atoms with van der Waals surface area (Å²) in [6, 6.07) is 0.136. The van der Waals surface area contributed by atoms with Crippen molar-refractivity contribution in [3.63, 3.8) is 0 Å². The number of rotatable bonds is 5. The normalized spacial score (nSPS) is 16.6. The molecule has 1 aromatic heterocycles. The van der Waals surface area contributed by atoms with Gasteiger partial charge in [-0.1, -0.05) is 18.3 Å². The van der Waals surface area contributed by atoms with Gasteiger partial charge in [0.05, 0.1) is 0 Å². The lowest BCUT2D eigenvalue weighted by Crippen LogP contribution is -2.33. The third-order valence-corrected chi connectivity index (χ3v) is 6.26. The van der Waals surface area contributed by atoms with Crippen LogP contribution in [0.2, 0.25) is 0 Å². The van der Waals surface area contributed by atoms with Gasteiger partial charge in [0.25, 0.3) is 10.0 Å². The van der Waals surface area contributed by atoms with Gasteiger partial charge >= 0.3 is 4.87 Å². The molecule has 5 nitrogen and oxygen atoms in total. The Morgan fingerprint density at radius 2 is 2.12 bits per heavy atom. The number of thiazole rings is 1. The minimum Gasteiger partial charge on any atom is -0.315 e. The molecule has 0 bridgehead atoms. The van der Waals surface area contributed by atoms with Crippen LogP contribution in [-0.4, -0.2) is 30.3 Å². The van der Waals surface area contributed by atoms with Gasteiger partial charge in [-0.2, -0.15) is 4.31 Å². The van der Waals surface area contributed by atoms with E-state index >= 15 is 0 Å². The predicted molar refractivity (Wildman–Crippen MR) is 66.9 cm³/mol. The van der Waals surface area contributed by atoms with E-state index in [-0.39, 0.29) is 15.1 Å². The van der Waals surface area contributed by atoms with Crippen LogP contribution < -0.4 is 4.87 Å². The lowest BCUT2D eigenvalue weighted by molar-refractivity contribution is 0.404. The maximum Gasteiger partial charge on any atom is 0.305 e. The summed E-state index contributed by atoms with van der Waals surface area (Å²) >= 11 is 0.780. The van der Waals surface area contributed by atoms with Crippen LogP contribution in [0.5, 0.6) is 0 Å². The molecular weight excluding hydrogens is 260 g/mol. The predicted octanol–water partition coefficient (Wildman–Crippen LogP) is 1.31. The highest BCUT2D eigenvalue weighted by Gasteiger charge is 2.39. The number of H-pyrrole nitrogens is 1. The van der Waals surface area contributed by atoms with Gasteiger partial charge in [-0.25, -0.2) is 8.42 Å². The molecule has 96 valence electrons. The molecular formula is C10H16N2O3S2. The molecule has 2 rings (SSSR count). The first-order chi connectivity index (χ1) is 7.96. The van der Waals surface area contributed by atoms with Gasteiger partial charge in [0, 0.05) is 18.3 Å². The minimum absolute atomic E-state index is 0.136. The molecule has 7 heteroatoms. The zero-order valence-electron chi connectivity index (χ0n) is 9.89. The molecule has 1 aromatic rings. The monoisotopic (exact) mass is 276 g/mol.